The van der Waals surface area contributed by atoms with E-state index in [1.54, 1.807) is 42.5 Å². The Balaban J connectivity index is 1.94. The molecule has 2 aromatic rings. The third-order valence-corrected chi connectivity index (χ3v) is 5.90. The Kier molecular flexibility index (Phi) is 10.8. The molecule has 2 aromatic carbocycles. The lowest BCUT2D eigenvalue weighted by Crippen LogP contribution is -2.53. The molecule has 0 saturated carbocycles. The Hall–Kier alpha value is -3.77. The van der Waals surface area contributed by atoms with Crippen molar-refractivity contribution in [1.29, 1.82) is 0 Å². The molecule has 0 radical (unpaired) electrons. The lowest BCUT2D eigenvalue weighted by molar-refractivity contribution is -0.138. The van der Waals surface area contributed by atoms with E-state index in [0.717, 1.165) is 0 Å². The summed E-state index contributed by atoms with van der Waals surface area (Å²) in [7, 11) is -4.79. The smallest absolute Gasteiger partial charge is 0.344 e. The largest absolute Gasteiger partial charge is 0.508 e. The zero-order valence-electron chi connectivity index (χ0n) is 19.8. The summed E-state index contributed by atoms with van der Waals surface area (Å²) >= 11 is 0. The highest BCUT2D eigenvalue weighted by Gasteiger charge is 2.33. The van der Waals surface area contributed by atoms with Crippen LogP contribution in [0.1, 0.15) is 11.1 Å². The van der Waals surface area contributed by atoms with Crippen molar-refractivity contribution in [2.45, 2.75) is 24.9 Å². The second-order valence-electron chi connectivity index (χ2n) is 8.25. The Labute approximate surface area is 213 Å². The fraction of sp³-hybridized carbons (Fsp3) is 0.304. The molecule has 9 N–H and O–H groups in total. The highest BCUT2D eigenvalue weighted by molar-refractivity contribution is 7.51. The summed E-state index contributed by atoms with van der Waals surface area (Å²) < 4.78 is 11.6. The molecule has 200 valence electrons. The zero-order chi connectivity index (χ0) is 27.6. The molecule has 0 saturated heterocycles. The molecule has 0 aliphatic rings. The van der Waals surface area contributed by atoms with Crippen molar-refractivity contribution < 1.29 is 38.6 Å². The number of phenols is 1. The quantitative estimate of drug-likeness (QED) is 0.149. The Morgan fingerprint density at radius 1 is 0.892 bits per heavy atom. The van der Waals surface area contributed by atoms with Gasteiger partial charge >= 0.3 is 7.60 Å². The molecule has 0 aromatic heterocycles. The van der Waals surface area contributed by atoms with Crippen molar-refractivity contribution in [2.75, 3.05) is 19.4 Å². The number of hydrogen-bond donors (Lipinski definition) is 7. The molecule has 2 atom stereocenters. The number of nitrogens with two attached hydrogens (primary N) is 2. The van der Waals surface area contributed by atoms with E-state index in [4.69, 9.17) is 11.5 Å². The second kappa shape index (κ2) is 13.5. The number of primary amides is 1. The molecule has 0 spiro atoms. The van der Waals surface area contributed by atoms with E-state index in [1.165, 1.54) is 12.1 Å². The lowest BCUT2D eigenvalue weighted by atomic mass is 10.0. The fourth-order valence-corrected chi connectivity index (χ4v) is 4.12. The maximum Gasteiger partial charge on any atom is 0.344 e. The van der Waals surface area contributed by atoms with Crippen LogP contribution in [0.2, 0.25) is 0 Å². The number of amides is 4. The number of nitrogens with zero attached hydrogens (tertiary/aromatic N) is 1. The van der Waals surface area contributed by atoms with Gasteiger partial charge in [0.25, 0.3) is 0 Å². The Morgan fingerprint density at radius 3 is 2.05 bits per heavy atom. The van der Waals surface area contributed by atoms with Crippen LogP contribution in [0.4, 0.5) is 0 Å². The summed E-state index contributed by atoms with van der Waals surface area (Å²) in [5, 5.41) is 13.9. The Morgan fingerprint density at radius 2 is 1.49 bits per heavy atom. The third-order valence-electron chi connectivity index (χ3n) is 5.22. The Bertz CT molecular complexity index is 1140. The fourth-order valence-electron chi connectivity index (χ4n) is 3.37. The highest BCUT2D eigenvalue weighted by atomic mass is 31.2. The van der Waals surface area contributed by atoms with Crippen LogP contribution in [0.15, 0.2) is 54.6 Å². The van der Waals surface area contributed by atoms with Crippen LogP contribution in [-0.2, 0) is 36.6 Å². The van der Waals surface area contributed by atoms with Crippen LogP contribution in [-0.4, -0.2) is 74.9 Å². The first kappa shape index (κ1) is 29.5. The molecule has 0 heterocycles. The van der Waals surface area contributed by atoms with Gasteiger partial charge in [-0.2, -0.15) is 0 Å². The molecule has 0 aliphatic heterocycles. The van der Waals surface area contributed by atoms with Gasteiger partial charge in [-0.25, -0.2) is 0 Å². The topological polar surface area (TPSA) is 225 Å². The van der Waals surface area contributed by atoms with Crippen LogP contribution >= 0.6 is 7.60 Å². The van der Waals surface area contributed by atoms with Crippen molar-refractivity contribution in [1.82, 2.24) is 15.5 Å². The number of benzene rings is 2. The molecule has 0 bridgehead atoms. The van der Waals surface area contributed by atoms with E-state index in [9.17, 15) is 38.6 Å². The summed E-state index contributed by atoms with van der Waals surface area (Å²) in [5.41, 5.74) is 12.6. The average molecular weight is 535 g/mol. The van der Waals surface area contributed by atoms with Crippen molar-refractivity contribution in [3.63, 3.8) is 0 Å². The maximum absolute atomic E-state index is 12.8. The number of carbonyl (C=O) groups excluding carboxylic acids is 4. The van der Waals surface area contributed by atoms with Gasteiger partial charge in [-0.3, -0.25) is 23.7 Å². The minimum atomic E-state index is -4.79. The number of phenolic OH excluding ortho intramolecular Hbond substituents is 1. The van der Waals surface area contributed by atoms with E-state index >= 15 is 0 Å². The molecule has 37 heavy (non-hydrogen) atoms. The molecule has 0 fully saturated rings. The molecule has 0 unspecified atom stereocenters. The van der Waals surface area contributed by atoms with Crippen LogP contribution in [0.25, 0.3) is 0 Å². The number of aromatic hydroxyl groups is 1. The van der Waals surface area contributed by atoms with Gasteiger partial charge in [-0.15, -0.1) is 0 Å². The molecule has 14 heteroatoms. The second-order valence-corrected chi connectivity index (χ2v) is 9.86. The summed E-state index contributed by atoms with van der Waals surface area (Å²) in [6.07, 6.45) is -1.02. The van der Waals surface area contributed by atoms with E-state index in [1.807, 2.05) is 0 Å². The zero-order valence-corrected chi connectivity index (χ0v) is 20.7. The number of hydrogen-bond acceptors (Lipinski definition) is 7. The summed E-state index contributed by atoms with van der Waals surface area (Å²) in [4.78, 5) is 68.7. The minimum absolute atomic E-state index is 0.0644. The van der Waals surface area contributed by atoms with Gasteiger partial charge in [0.05, 0.1) is 19.1 Å². The van der Waals surface area contributed by atoms with Gasteiger partial charge in [-0.1, -0.05) is 42.5 Å². The first-order valence-corrected chi connectivity index (χ1v) is 12.9. The monoisotopic (exact) mass is 535 g/mol. The summed E-state index contributed by atoms with van der Waals surface area (Å²) in [6.45, 7) is -1.22. The minimum Gasteiger partial charge on any atom is -0.508 e. The highest BCUT2D eigenvalue weighted by Crippen LogP contribution is 2.36. The third kappa shape index (κ3) is 10.4. The van der Waals surface area contributed by atoms with E-state index < -0.39 is 62.7 Å². The molecule has 13 nitrogen and oxygen atoms in total. The van der Waals surface area contributed by atoms with Gasteiger partial charge < -0.3 is 41.9 Å². The first-order valence-electron chi connectivity index (χ1n) is 11.1. The maximum atomic E-state index is 12.8. The predicted molar refractivity (Wildman–Crippen MR) is 133 cm³/mol. The number of rotatable bonds is 13. The number of nitrogens with one attached hydrogen (secondary N) is 2. The van der Waals surface area contributed by atoms with Gasteiger partial charge in [0, 0.05) is 6.42 Å². The molecular weight excluding hydrogens is 505 g/mol. The lowest BCUT2D eigenvalue weighted by Gasteiger charge is -2.30. The van der Waals surface area contributed by atoms with Crippen molar-refractivity contribution >= 4 is 31.2 Å². The van der Waals surface area contributed by atoms with Crippen LogP contribution in [0.5, 0.6) is 5.75 Å². The van der Waals surface area contributed by atoms with Gasteiger partial charge in [0.15, 0.2) is 0 Å². The van der Waals surface area contributed by atoms with Crippen molar-refractivity contribution in [3.8, 4) is 5.75 Å². The van der Waals surface area contributed by atoms with E-state index in [-0.39, 0.29) is 18.6 Å². The summed E-state index contributed by atoms with van der Waals surface area (Å²) in [6, 6.07) is 12.2. The molecule has 0 aliphatic carbocycles. The van der Waals surface area contributed by atoms with E-state index in [0.29, 0.717) is 16.0 Å². The molecular formula is C23H30N5O8P. The van der Waals surface area contributed by atoms with Crippen molar-refractivity contribution in [3.05, 3.63) is 65.7 Å². The van der Waals surface area contributed by atoms with Gasteiger partial charge in [0.2, 0.25) is 23.6 Å². The first-order chi connectivity index (χ1) is 17.4. The van der Waals surface area contributed by atoms with Gasteiger partial charge in [0.1, 0.15) is 18.1 Å². The molecule has 4 amide bonds. The average Bonchev–Trinajstić information content (AvgIpc) is 2.84. The van der Waals surface area contributed by atoms with Crippen molar-refractivity contribution in [2.24, 2.45) is 11.5 Å². The summed E-state index contributed by atoms with van der Waals surface area (Å²) in [5.74, 6) is -3.27. The molecule has 2 rings (SSSR count). The van der Waals surface area contributed by atoms with Crippen LogP contribution in [0.3, 0.4) is 0 Å². The predicted octanol–water partition coefficient (Wildman–Crippen LogP) is -1.45. The van der Waals surface area contributed by atoms with Gasteiger partial charge in [-0.05, 0) is 29.7 Å². The SMILES string of the molecule is NC(=O)[C@H](Cc1ccccc1)N(CP(=O)(O)O)C(=O)CNC(=O)CNC(=O)[C@@H](N)Cc1ccc(O)cc1. The standard InChI is InChI=1S/C23H30N5O8P/c24-18(10-16-6-8-17(29)9-7-16)23(33)27-12-20(30)26-13-21(31)28(14-37(34,35)36)19(22(25)32)11-15-4-2-1-3-5-15/h1-9,18-19,29H,10-14,24H2,(H2,25,32)(H,26,30)(H,27,33)(H2,34,35,36)/t18-,19-/m0/s1. The normalized spacial score (nSPS) is 12.7. The number of carbonyl (C=O) groups is 4. The van der Waals surface area contributed by atoms with E-state index in [2.05, 4.69) is 10.6 Å². The van der Waals surface area contributed by atoms with Crippen LogP contribution in [0, 0.1) is 0 Å². The van der Waals surface area contributed by atoms with Crippen LogP contribution < -0.4 is 22.1 Å².